The molecule has 0 heterocycles. The Morgan fingerprint density at radius 1 is 1.42 bits per heavy atom. The number of hydrogen-bond acceptors (Lipinski definition) is 3. The number of carbonyl (C=O) groups excluding carboxylic acids is 1. The maximum absolute atomic E-state index is 10.7. The number of carbonyl (C=O) groups is 2. The van der Waals surface area contributed by atoms with E-state index < -0.39 is 11.9 Å². The lowest BCUT2D eigenvalue weighted by molar-refractivity contribution is -0.136. The molecule has 0 amide bonds. The van der Waals surface area contributed by atoms with E-state index >= 15 is 0 Å². The molecule has 0 fully saturated rings. The fourth-order valence-corrected chi connectivity index (χ4v) is 0.504. The summed E-state index contributed by atoms with van der Waals surface area (Å²) in [4.78, 5) is 20.7. The van der Waals surface area contributed by atoms with Crippen LogP contribution in [0, 0.1) is 0 Å². The molecule has 0 aliphatic rings. The molecule has 0 atom stereocenters. The molecule has 1 N–H and O–H groups in total. The smallest absolute Gasteiger partial charge is 0.333 e. The van der Waals surface area contributed by atoms with E-state index in [-0.39, 0.29) is 0 Å². The predicted molar refractivity (Wildman–Crippen MR) is 42.5 cm³/mol. The maximum Gasteiger partial charge on any atom is 0.333 e. The Labute approximate surface area is 70.1 Å². The van der Waals surface area contributed by atoms with Gasteiger partial charge in [-0.1, -0.05) is 12.2 Å². The third-order valence-electron chi connectivity index (χ3n) is 1.09. The van der Waals surface area contributed by atoms with Crippen molar-refractivity contribution >= 4 is 11.9 Å². The summed E-state index contributed by atoms with van der Waals surface area (Å²) < 4.78 is 4.38. The van der Waals surface area contributed by atoms with Crippen molar-refractivity contribution < 1.29 is 19.4 Å². The van der Waals surface area contributed by atoms with Crippen LogP contribution in [0.25, 0.3) is 0 Å². The summed E-state index contributed by atoms with van der Waals surface area (Å²) in [5.41, 5.74) is 0.356. The van der Waals surface area contributed by atoms with Gasteiger partial charge in [-0.15, -0.1) is 0 Å². The van der Waals surface area contributed by atoms with Crippen molar-refractivity contribution in [2.24, 2.45) is 0 Å². The van der Waals surface area contributed by atoms with Crippen molar-refractivity contribution in [1.82, 2.24) is 0 Å². The standard InChI is InChI=1S/C8H10O4/c1-6(8(11)12-2)4-3-5-7(9)10/h3-5H,1-2H3,(H,9,10)/b5-3+,6-4+. The molecule has 12 heavy (non-hydrogen) atoms. The lowest BCUT2D eigenvalue weighted by atomic mass is 10.3. The van der Waals surface area contributed by atoms with Crippen LogP contribution in [0.15, 0.2) is 23.8 Å². The molecule has 0 rings (SSSR count). The normalized spacial score (nSPS) is 11.7. The van der Waals surface area contributed by atoms with Gasteiger partial charge in [0, 0.05) is 11.6 Å². The Balaban J connectivity index is 4.18. The van der Waals surface area contributed by atoms with Crippen molar-refractivity contribution in [1.29, 1.82) is 0 Å². The van der Waals surface area contributed by atoms with Crippen LogP contribution in [-0.4, -0.2) is 24.2 Å². The zero-order valence-corrected chi connectivity index (χ0v) is 6.90. The van der Waals surface area contributed by atoms with E-state index in [9.17, 15) is 9.59 Å². The quantitative estimate of drug-likeness (QED) is 0.385. The number of aliphatic carboxylic acids is 1. The van der Waals surface area contributed by atoms with Crippen molar-refractivity contribution in [3.05, 3.63) is 23.8 Å². The summed E-state index contributed by atoms with van der Waals surface area (Å²) in [6, 6.07) is 0. The molecule has 4 nitrogen and oxygen atoms in total. The lowest BCUT2D eigenvalue weighted by Crippen LogP contribution is -2.00. The second kappa shape index (κ2) is 5.12. The molecule has 0 bridgehead atoms. The summed E-state index contributed by atoms with van der Waals surface area (Å²) in [6.07, 6.45) is 3.58. The van der Waals surface area contributed by atoms with Gasteiger partial charge in [0.15, 0.2) is 0 Å². The highest BCUT2D eigenvalue weighted by Crippen LogP contribution is 1.95. The van der Waals surface area contributed by atoms with Crippen LogP contribution in [0.3, 0.4) is 0 Å². The Kier molecular flexibility index (Phi) is 4.45. The van der Waals surface area contributed by atoms with Gasteiger partial charge in [-0.3, -0.25) is 0 Å². The van der Waals surface area contributed by atoms with Crippen molar-refractivity contribution in [3.8, 4) is 0 Å². The van der Waals surface area contributed by atoms with E-state index in [1.165, 1.54) is 26.2 Å². The first-order valence-corrected chi connectivity index (χ1v) is 3.24. The van der Waals surface area contributed by atoms with E-state index in [0.29, 0.717) is 5.57 Å². The van der Waals surface area contributed by atoms with E-state index in [4.69, 9.17) is 5.11 Å². The Bertz CT molecular complexity index is 237. The number of carboxylic acid groups (broad SMARTS) is 1. The van der Waals surface area contributed by atoms with Crippen LogP contribution in [0.5, 0.6) is 0 Å². The van der Waals surface area contributed by atoms with Gasteiger partial charge in [-0.05, 0) is 6.92 Å². The third-order valence-corrected chi connectivity index (χ3v) is 1.09. The second-order valence-corrected chi connectivity index (χ2v) is 2.04. The van der Waals surface area contributed by atoms with Crippen molar-refractivity contribution in [3.63, 3.8) is 0 Å². The van der Waals surface area contributed by atoms with Gasteiger partial charge in [-0.2, -0.15) is 0 Å². The first-order chi connectivity index (χ1) is 5.57. The molecular weight excluding hydrogens is 160 g/mol. The maximum atomic E-state index is 10.7. The third kappa shape index (κ3) is 4.27. The molecule has 0 aliphatic heterocycles. The molecule has 0 aliphatic carbocycles. The van der Waals surface area contributed by atoms with E-state index in [1.807, 2.05) is 0 Å². The summed E-state index contributed by atoms with van der Waals surface area (Å²) in [5.74, 6) is -1.52. The summed E-state index contributed by atoms with van der Waals surface area (Å²) in [6.45, 7) is 1.54. The van der Waals surface area contributed by atoms with Crippen molar-refractivity contribution in [2.75, 3.05) is 7.11 Å². The van der Waals surface area contributed by atoms with Gasteiger partial charge in [0.05, 0.1) is 7.11 Å². The van der Waals surface area contributed by atoms with Gasteiger partial charge in [0.25, 0.3) is 0 Å². The average Bonchev–Trinajstić information content (AvgIpc) is 2.02. The molecular formula is C8H10O4. The van der Waals surface area contributed by atoms with E-state index in [0.717, 1.165) is 6.08 Å². The molecule has 0 saturated heterocycles. The SMILES string of the molecule is COC(=O)/C(C)=C/C=C/C(=O)O. The Morgan fingerprint density at radius 2 is 2.00 bits per heavy atom. The van der Waals surface area contributed by atoms with Gasteiger partial charge in [-0.25, -0.2) is 9.59 Å². The Hall–Kier alpha value is -1.58. The summed E-state index contributed by atoms with van der Waals surface area (Å²) in [5, 5.41) is 8.19. The first-order valence-electron chi connectivity index (χ1n) is 3.24. The molecule has 0 aromatic heterocycles. The number of allylic oxidation sites excluding steroid dienone is 2. The van der Waals surface area contributed by atoms with Gasteiger partial charge >= 0.3 is 11.9 Å². The number of carboxylic acids is 1. The molecule has 0 spiro atoms. The fraction of sp³-hybridized carbons (Fsp3) is 0.250. The number of rotatable bonds is 3. The van der Waals surface area contributed by atoms with Crippen LogP contribution in [-0.2, 0) is 14.3 Å². The number of hydrogen-bond donors (Lipinski definition) is 1. The van der Waals surface area contributed by atoms with Crippen LogP contribution in [0.1, 0.15) is 6.92 Å². The summed E-state index contributed by atoms with van der Waals surface area (Å²) in [7, 11) is 1.26. The summed E-state index contributed by atoms with van der Waals surface area (Å²) >= 11 is 0. The molecule has 0 aromatic carbocycles. The van der Waals surface area contributed by atoms with Gasteiger partial charge < -0.3 is 9.84 Å². The molecule has 0 saturated carbocycles. The van der Waals surface area contributed by atoms with Crippen LogP contribution < -0.4 is 0 Å². The predicted octanol–water partition coefficient (Wildman–Crippen LogP) is 0.746. The zero-order valence-electron chi connectivity index (χ0n) is 6.90. The molecule has 0 unspecified atom stereocenters. The highest BCUT2D eigenvalue weighted by Gasteiger charge is 1.99. The van der Waals surface area contributed by atoms with E-state index in [2.05, 4.69) is 4.74 Å². The monoisotopic (exact) mass is 170 g/mol. The topological polar surface area (TPSA) is 63.6 Å². The fourth-order valence-electron chi connectivity index (χ4n) is 0.504. The lowest BCUT2D eigenvalue weighted by Gasteiger charge is -1.94. The zero-order chi connectivity index (χ0) is 9.56. The highest BCUT2D eigenvalue weighted by atomic mass is 16.5. The minimum Gasteiger partial charge on any atom is -0.478 e. The minimum atomic E-state index is -1.05. The Morgan fingerprint density at radius 3 is 2.42 bits per heavy atom. The number of methoxy groups -OCH3 is 1. The van der Waals surface area contributed by atoms with Crippen LogP contribution in [0.4, 0.5) is 0 Å². The molecule has 0 radical (unpaired) electrons. The molecule has 0 aromatic rings. The largest absolute Gasteiger partial charge is 0.478 e. The minimum absolute atomic E-state index is 0.356. The second-order valence-electron chi connectivity index (χ2n) is 2.04. The molecule has 66 valence electrons. The highest BCUT2D eigenvalue weighted by molar-refractivity contribution is 5.88. The van der Waals surface area contributed by atoms with Gasteiger partial charge in [0.2, 0.25) is 0 Å². The van der Waals surface area contributed by atoms with Crippen molar-refractivity contribution in [2.45, 2.75) is 6.92 Å². The van der Waals surface area contributed by atoms with Crippen LogP contribution >= 0.6 is 0 Å². The van der Waals surface area contributed by atoms with Crippen LogP contribution in [0.2, 0.25) is 0 Å². The van der Waals surface area contributed by atoms with E-state index in [1.54, 1.807) is 0 Å². The number of esters is 1. The van der Waals surface area contributed by atoms with Gasteiger partial charge in [0.1, 0.15) is 0 Å². The number of ether oxygens (including phenoxy) is 1. The average molecular weight is 170 g/mol. The molecule has 4 heteroatoms. The first kappa shape index (κ1) is 10.4.